The fraction of sp³-hybridized carbons (Fsp3) is 0.404. The number of phenolic OH excluding ortho intramolecular Hbond substituents is 2. The molecule has 328 valence electrons. The van der Waals surface area contributed by atoms with Crippen LogP contribution in [0, 0.1) is 26.7 Å². The first-order valence-electron chi connectivity index (χ1n) is 21.7. The number of aromatic hydroxyl groups is 2. The molecule has 3 aliphatic heterocycles. The predicted molar refractivity (Wildman–Crippen MR) is 246 cm³/mol. The van der Waals surface area contributed by atoms with E-state index in [0.29, 0.717) is 33.6 Å². The van der Waals surface area contributed by atoms with Gasteiger partial charge in [0.25, 0.3) is 0 Å². The number of aromatic nitrogens is 6. The Hall–Kier alpha value is -5.61. The molecule has 2 fully saturated rings. The molecule has 1 atom stereocenters. The second-order valence-corrected chi connectivity index (χ2v) is 19.1. The molecule has 0 aliphatic carbocycles. The first-order valence-corrected chi connectivity index (χ1v) is 22.9. The van der Waals surface area contributed by atoms with Gasteiger partial charge in [0.15, 0.2) is 11.6 Å². The number of aliphatic imine (C=N–C) groups is 1. The molecule has 1 unspecified atom stereocenters. The number of hydrogen-bond donors (Lipinski definition) is 3. The van der Waals surface area contributed by atoms with E-state index < -0.39 is 11.7 Å². The van der Waals surface area contributed by atoms with Crippen LogP contribution in [0.1, 0.15) is 89.4 Å². The number of carbonyl (C=O) groups excluding carboxylic acids is 1. The maximum absolute atomic E-state index is 14.1. The molecule has 3 aromatic carbocycles. The number of carbonyl (C=O) groups is 1. The van der Waals surface area contributed by atoms with Crippen molar-refractivity contribution in [2.45, 2.75) is 72.4 Å². The van der Waals surface area contributed by atoms with E-state index in [0.717, 1.165) is 98.4 Å². The number of aromatic amines is 1. The second kappa shape index (κ2) is 17.5. The number of halogens is 1. The topological polar surface area (TPSA) is 161 Å². The van der Waals surface area contributed by atoms with Gasteiger partial charge in [0.05, 0.1) is 23.4 Å². The summed E-state index contributed by atoms with van der Waals surface area (Å²) in [4.78, 5) is 40.5. The van der Waals surface area contributed by atoms with Crippen molar-refractivity contribution in [1.29, 1.82) is 0 Å². The molecule has 3 aliphatic rings. The minimum absolute atomic E-state index is 0.00341. The number of piperazine rings is 1. The molecule has 6 heterocycles. The summed E-state index contributed by atoms with van der Waals surface area (Å²) >= 11 is 8.00. The lowest BCUT2D eigenvalue weighted by molar-refractivity contribution is -0.133. The Labute approximate surface area is 375 Å². The number of nitrogens with one attached hydrogen (secondary N) is 1. The molecule has 3 N–H and O–H groups in total. The summed E-state index contributed by atoms with van der Waals surface area (Å²) in [5.41, 5.74) is 6.43. The van der Waals surface area contributed by atoms with Gasteiger partial charge < -0.3 is 20.0 Å². The molecular formula is C47H53ClN10O4S. The minimum Gasteiger partial charge on any atom is -0.508 e. The van der Waals surface area contributed by atoms with E-state index in [1.54, 1.807) is 17.4 Å². The third-order valence-corrected chi connectivity index (χ3v) is 14.4. The summed E-state index contributed by atoms with van der Waals surface area (Å²) in [5.74, 6) is 2.25. The molecule has 0 saturated carbocycles. The van der Waals surface area contributed by atoms with Gasteiger partial charge in [0.2, 0.25) is 5.91 Å². The van der Waals surface area contributed by atoms with Crippen molar-refractivity contribution < 1.29 is 15.0 Å². The Balaban J connectivity index is 0.789. The second-order valence-electron chi connectivity index (χ2n) is 17.4. The molecular weight excluding hydrogens is 836 g/mol. The number of H-pyrrole nitrogens is 1. The van der Waals surface area contributed by atoms with Gasteiger partial charge in [-0.25, -0.2) is 14.5 Å². The highest BCUT2D eigenvalue weighted by Crippen LogP contribution is 2.41. The number of rotatable bonds is 10. The Morgan fingerprint density at radius 3 is 2.29 bits per heavy atom. The fourth-order valence-corrected chi connectivity index (χ4v) is 10.6. The highest BCUT2D eigenvalue weighted by atomic mass is 35.5. The van der Waals surface area contributed by atoms with Crippen molar-refractivity contribution in [3.8, 4) is 33.6 Å². The number of thiophene rings is 1. The number of nitrogens with zero attached hydrogens (tertiary/aromatic N) is 9. The smallest absolute Gasteiger partial charge is 0.348 e. The van der Waals surface area contributed by atoms with Crippen LogP contribution in [0.3, 0.4) is 0 Å². The highest BCUT2D eigenvalue weighted by molar-refractivity contribution is 7.15. The zero-order valence-corrected chi connectivity index (χ0v) is 37.9. The maximum atomic E-state index is 14.1. The van der Waals surface area contributed by atoms with Crippen molar-refractivity contribution in [2.75, 3.05) is 45.8 Å². The van der Waals surface area contributed by atoms with Crippen LogP contribution in [-0.4, -0.2) is 112 Å². The molecule has 9 rings (SSSR count). The summed E-state index contributed by atoms with van der Waals surface area (Å²) in [6.07, 6.45) is 2.17. The summed E-state index contributed by atoms with van der Waals surface area (Å²) in [6, 6.07) is 18.1. The number of fused-ring (bicyclic) bond motifs is 3. The largest absolute Gasteiger partial charge is 0.508 e. The van der Waals surface area contributed by atoms with Gasteiger partial charge in [-0.2, -0.15) is 5.10 Å². The lowest BCUT2D eigenvalue weighted by Crippen LogP contribution is -2.48. The summed E-state index contributed by atoms with van der Waals surface area (Å²) in [7, 11) is 0. The van der Waals surface area contributed by atoms with E-state index in [4.69, 9.17) is 16.6 Å². The van der Waals surface area contributed by atoms with E-state index >= 15 is 0 Å². The lowest BCUT2D eigenvalue weighted by Gasteiger charge is -2.39. The lowest BCUT2D eigenvalue weighted by atomic mass is 9.95. The zero-order chi connectivity index (χ0) is 44.1. The van der Waals surface area contributed by atoms with Gasteiger partial charge in [-0.1, -0.05) is 49.7 Å². The molecule has 63 heavy (non-hydrogen) atoms. The Kier molecular flexibility index (Phi) is 11.9. The van der Waals surface area contributed by atoms with Crippen molar-refractivity contribution in [1.82, 2.24) is 44.2 Å². The van der Waals surface area contributed by atoms with E-state index in [-0.39, 0.29) is 35.6 Å². The number of piperidine rings is 1. The molecule has 2 saturated heterocycles. The first kappa shape index (κ1) is 42.7. The normalized spacial score (nSPS) is 17.5. The molecule has 0 spiro atoms. The number of benzene rings is 3. The predicted octanol–water partition coefficient (Wildman–Crippen LogP) is 7.32. The monoisotopic (exact) mass is 888 g/mol. The average molecular weight is 890 g/mol. The van der Waals surface area contributed by atoms with Gasteiger partial charge >= 0.3 is 5.69 Å². The van der Waals surface area contributed by atoms with Crippen LogP contribution in [0.2, 0.25) is 5.02 Å². The fourth-order valence-electron chi connectivity index (χ4n) is 9.25. The number of hydrogen-bond acceptors (Lipinski definition) is 11. The van der Waals surface area contributed by atoms with E-state index in [1.807, 2.05) is 74.2 Å². The van der Waals surface area contributed by atoms with Gasteiger partial charge in [0, 0.05) is 79.5 Å². The summed E-state index contributed by atoms with van der Waals surface area (Å²) < 4.78 is 3.54. The summed E-state index contributed by atoms with van der Waals surface area (Å²) in [5, 5.41) is 38.5. The number of likely N-dealkylation sites (tertiary alicyclic amines) is 1. The van der Waals surface area contributed by atoms with Crippen LogP contribution in [0.25, 0.3) is 22.1 Å². The highest BCUT2D eigenvalue weighted by Gasteiger charge is 2.34. The Morgan fingerprint density at radius 1 is 0.889 bits per heavy atom. The van der Waals surface area contributed by atoms with Crippen molar-refractivity contribution in [2.24, 2.45) is 10.9 Å². The molecule has 6 aromatic rings. The quantitative estimate of drug-likeness (QED) is 0.128. The number of phenols is 2. The maximum Gasteiger partial charge on any atom is 0.348 e. The SMILES string of the molecule is Cc1sc2c(c1C)C(c1ccc(Cl)cc1)=NC(CC(=O)N1CCC(CN3CCN(Cc4ccc(-n5c(-c6cc(C(C)C)c(O)cc6O)n[nH]c5=O)cc4)CC3)CC1)c1nnc(C)n1-2. The van der Waals surface area contributed by atoms with Gasteiger partial charge in [-0.15, -0.1) is 21.5 Å². The van der Waals surface area contributed by atoms with Crippen LogP contribution in [0.5, 0.6) is 11.5 Å². The third-order valence-electron chi connectivity index (χ3n) is 13.0. The van der Waals surface area contributed by atoms with Gasteiger partial charge in [-0.3, -0.25) is 19.3 Å². The molecule has 16 heteroatoms. The molecule has 3 aromatic heterocycles. The van der Waals surface area contributed by atoms with Crippen molar-refractivity contribution >= 4 is 34.6 Å². The van der Waals surface area contributed by atoms with Crippen molar-refractivity contribution in [3.05, 3.63) is 121 Å². The summed E-state index contributed by atoms with van der Waals surface area (Å²) in [6.45, 7) is 17.3. The standard InChI is InChI=1S/C47H53ClN10O4S/c1-27(2)36-22-37(40(60)24-39(36)59)44-51-53-47(62)58(44)35-12-6-31(7-13-35)25-54-18-20-55(21-19-54)26-32-14-16-56(17-15-32)41(61)23-38-45-52-50-30(5)57(45)46-42(28(3)29(4)63-46)43(49-38)33-8-10-34(48)11-9-33/h6-13,22,24,27,32,38,59-60H,14-21,23,25-26H2,1-5H3,(H,53,62). The van der Waals surface area contributed by atoms with Crippen LogP contribution in [-0.2, 0) is 11.3 Å². The van der Waals surface area contributed by atoms with Crippen LogP contribution in [0.4, 0.5) is 0 Å². The third kappa shape index (κ3) is 8.46. The van der Waals surface area contributed by atoms with Crippen LogP contribution >= 0.6 is 22.9 Å². The zero-order valence-electron chi connectivity index (χ0n) is 36.3. The Morgan fingerprint density at radius 2 is 1.59 bits per heavy atom. The number of aryl methyl sites for hydroxylation is 2. The first-order chi connectivity index (χ1) is 30.3. The molecule has 0 bridgehead atoms. The molecule has 14 nitrogen and oxygen atoms in total. The van der Waals surface area contributed by atoms with E-state index in [2.05, 4.69) is 48.6 Å². The van der Waals surface area contributed by atoms with E-state index in [9.17, 15) is 19.8 Å². The average Bonchev–Trinajstić information content (AvgIpc) is 3.91. The minimum atomic E-state index is -0.477. The Bertz CT molecular complexity index is 2740. The molecule has 0 radical (unpaired) electrons. The molecule has 1 amide bonds. The van der Waals surface area contributed by atoms with E-state index in [1.165, 1.54) is 21.1 Å². The van der Waals surface area contributed by atoms with Crippen LogP contribution in [0.15, 0.2) is 70.5 Å². The van der Waals surface area contributed by atoms with Crippen molar-refractivity contribution in [3.63, 3.8) is 0 Å². The number of amides is 1. The van der Waals surface area contributed by atoms with Gasteiger partial charge in [0.1, 0.15) is 28.4 Å². The van der Waals surface area contributed by atoms with Crippen LogP contribution < -0.4 is 5.69 Å². The van der Waals surface area contributed by atoms with Gasteiger partial charge in [-0.05, 0) is 92.5 Å².